The standard InChI is InChI=1S/C19H17N3O5/c1-27-16-7-6-12(10-20-16)21-19(26)18(25)14-11-22(9-8-17(23)24)15-5-3-2-4-13(14)15/h2-7,10-11H,8-9H2,1H3,(H,21,26)(H,23,24). The van der Waals surface area contributed by atoms with E-state index in [1.807, 2.05) is 0 Å². The Hall–Kier alpha value is -3.68. The fourth-order valence-corrected chi connectivity index (χ4v) is 2.71. The predicted molar refractivity (Wildman–Crippen MR) is 97.9 cm³/mol. The molecule has 0 aliphatic carbocycles. The van der Waals surface area contributed by atoms with Gasteiger partial charge in [0.05, 0.1) is 31.0 Å². The molecule has 2 aromatic heterocycles. The molecule has 2 heterocycles. The molecule has 0 fully saturated rings. The zero-order valence-electron chi connectivity index (χ0n) is 14.5. The van der Waals surface area contributed by atoms with Gasteiger partial charge in [0.2, 0.25) is 5.88 Å². The van der Waals surface area contributed by atoms with E-state index in [4.69, 9.17) is 9.84 Å². The lowest BCUT2D eigenvalue weighted by Crippen LogP contribution is -2.22. The topological polar surface area (TPSA) is 111 Å². The van der Waals surface area contributed by atoms with Crippen LogP contribution in [0.4, 0.5) is 5.69 Å². The number of carbonyl (C=O) groups is 3. The zero-order chi connectivity index (χ0) is 19.4. The number of amides is 1. The van der Waals surface area contributed by atoms with E-state index in [9.17, 15) is 14.4 Å². The lowest BCUT2D eigenvalue weighted by molar-refractivity contribution is -0.137. The highest BCUT2D eigenvalue weighted by Gasteiger charge is 2.22. The minimum atomic E-state index is -0.939. The molecule has 0 bridgehead atoms. The number of hydrogen-bond donors (Lipinski definition) is 2. The van der Waals surface area contributed by atoms with Gasteiger partial charge in [-0.25, -0.2) is 4.98 Å². The fourth-order valence-electron chi connectivity index (χ4n) is 2.71. The van der Waals surface area contributed by atoms with E-state index in [1.54, 1.807) is 41.0 Å². The molecule has 138 valence electrons. The molecule has 3 aromatic rings. The van der Waals surface area contributed by atoms with Gasteiger partial charge in [-0.05, 0) is 12.1 Å². The van der Waals surface area contributed by atoms with Gasteiger partial charge in [0.25, 0.3) is 11.7 Å². The second-order valence-electron chi connectivity index (χ2n) is 5.77. The third-order valence-electron chi connectivity index (χ3n) is 4.01. The first kappa shape index (κ1) is 18.1. The van der Waals surface area contributed by atoms with Crippen molar-refractivity contribution >= 4 is 34.3 Å². The molecular formula is C19H17N3O5. The van der Waals surface area contributed by atoms with Gasteiger partial charge in [-0.1, -0.05) is 18.2 Å². The molecule has 0 aliphatic rings. The highest BCUT2D eigenvalue weighted by atomic mass is 16.5. The molecule has 8 heteroatoms. The average Bonchev–Trinajstić information content (AvgIpc) is 3.05. The van der Waals surface area contributed by atoms with Gasteiger partial charge in [-0.15, -0.1) is 0 Å². The van der Waals surface area contributed by atoms with Crippen molar-refractivity contribution in [3.63, 3.8) is 0 Å². The summed E-state index contributed by atoms with van der Waals surface area (Å²) in [4.78, 5) is 39.8. The first-order valence-electron chi connectivity index (χ1n) is 8.15. The second kappa shape index (κ2) is 7.69. The number of aromatic nitrogens is 2. The lowest BCUT2D eigenvalue weighted by Gasteiger charge is -2.04. The van der Waals surface area contributed by atoms with Crippen LogP contribution in [0.3, 0.4) is 0 Å². The van der Waals surface area contributed by atoms with Crippen LogP contribution in [0.1, 0.15) is 16.8 Å². The van der Waals surface area contributed by atoms with Crippen molar-refractivity contribution in [1.82, 2.24) is 9.55 Å². The first-order valence-corrected chi connectivity index (χ1v) is 8.15. The summed E-state index contributed by atoms with van der Waals surface area (Å²) >= 11 is 0. The van der Waals surface area contributed by atoms with Crippen molar-refractivity contribution in [3.05, 3.63) is 54.4 Å². The van der Waals surface area contributed by atoms with Gasteiger partial charge in [0.1, 0.15) is 0 Å². The molecule has 1 amide bonds. The smallest absolute Gasteiger partial charge is 0.305 e. The van der Waals surface area contributed by atoms with Crippen LogP contribution < -0.4 is 10.1 Å². The number of ether oxygens (including phenoxy) is 1. The number of anilines is 1. The first-order chi connectivity index (χ1) is 13.0. The maximum atomic E-state index is 12.7. The number of carbonyl (C=O) groups excluding carboxylic acids is 2. The Kier molecular flexibility index (Phi) is 5.16. The van der Waals surface area contributed by atoms with Crippen LogP contribution in [0, 0.1) is 0 Å². The number of ketones is 1. The number of nitrogens with zero attached hydrogens (tertiary/aromatic N) is 2. The predicted octanol–water partition coefficient (Wildman–Crippen LogP) is 2.34. The van der Waals surface area contributed by atoms with Crippen molar-refractivity contribution in [2.75, 3.05) is 12.4 Å². The normalized spacial score (nSPS) is 10.6. The number of carboxylic acids is 1. The molecule has 0 unspecified atom stereocenters. The van der Waals surface area contributed by atoms with E-state index in [2.05, 4.69) is 10.3 Å². The molecule has 3 rings (SSSR count). The van der Waals surface area contributed by atoms with Crippen molar-refractivity contribution in [2.24, 2.45) is 0 Å². The highest BCUT2D eigenvalue weighted by Crippen LogP contribution is 2.23. The van der Waals surface area contributed by atoms with Crippen molar-refractivity contribution in [2.45, 2.75) is 13.0 Å². The average molecular weight is 367 g/mol. The van der Waals surface area contributed by atoms with E-state index in [0.717, 1.165) is 0 Å². The number of pyridine rings is 1. The summed E-state index contributed by atoms with van der Waals surface area (Å²) in [6.45, 7) is 0.202. The van der Waals surface area contributed by atoms with Gasteiger partial charge in [-0.3, -0.25) is 14.4 Å². The van der Waals surface area contributed by atoms with Crippen LogP contribution in [0.25, 0.3) is 10.9 Å². The van der Waals surface area contributed by atoms with E-state index in [1.165, 1.54) is 19.5 Å². The number of aliphatic carboxylic acids is 1. The van der Waals surface area contributed by atoms with Crippen LogP contribution in [-0.4, -0.2) is 39.4 Å². The largest absolute Gasteiger partial charge is 0.481 e. The number of nitrogens with one attached hydrogen (secondary N) is 1. The molecule has 8 nitrogen and oxygen atoms in total. The Balaban J connectivity index is 1.85. The molecular weight excluding hydrogens is 350 g/mol. The summed E-state index contributed by atoms with van der Waals surface area (Å²) in [6.07, 6.45) is 2.82. The third kappa shape index (κ3) is 3.95. The molecule has 27 heavy (non-hydrogen) atoms. The Morgan fingerprint density at radius 2 is 1.96 bits per heavy atom. The maximum absolute atomic E-state index is 12.7. The number of rotatable bonds is 7. The molecule has 0 saturated carbocycles. The van der Waals surface area contributed by atoms with Crippen LogP contribution >= 0.6 is 0 Å². The van der Waals surface area contributed by atoms with Crippen LogP contribution in [0.2, 0.25) is 0 Å². The second-order valence-corrected chi connectivity index (χ2v) is 5.77. The SMILES string of the molecule is COc1ccc(NC(=O)C(=O)c2cn(CCC(=O)O)c3ccccc23)cn1. The Morgan fingerprint density at radius 3 is 2.63 bits per heavy atom. The van der Waals surface area contributed by atoms with Gasteiger partial charge in [0.15, 0.2) is 0 Å². The number of hydrogen-bond acceptors (Lipinski definition) is 5. The van der Waals surface area contributed by atoms with Gasteiger partial charge < -0.3 is 19.7 Å². The van der Waals surface area contributed by atoms with Crippen molar-refractivity contribution < 1.29 is 24.2 Å². The van der Waals surface area contributed by atoms with Gasteiger partial charge in [-0.2, -0.15) is 0 Å². The Bertz CT molecular complexity index is 1010. The van der Waals surface area contributed by atoms with Crippen LogP contribution in [-0.2, 0) is 16.1 Å². The Labute approximate surface area is 154 Å². The quantitative estimate of drug-likeness (QED) is 0.490. The number of Topliss-reactive ketones (excluding diaryl/α,β-unsaturated/α-hetero) is 1. The van der Waals surface area contributed by atoms with Crippen molar-refractivity contribution in [3.8, 4) is 5.88 Å². The summed E-state index contributed by atoms with van der Waals surface area (Å²) in [5.74, 6) is -2.06. The summed E-state index contributed by atoms with van der Waals surface area (Å²) in [6, 6.07) is 10.2. The zero-order valence-corrected chi connectivity index (χ0v) is 14.5. The van der Waals surface area contributed by atoms with Gasteiger partial charge >= 0.3 is 5.97 Å². The fraction of sp³-hybridized carbons (Fsp3) is 0.158. The van der Waals surface area contributed by atoms with Crippen LogP contribution in [0.5, 0.6) is 5.88 Å². The molecule has 0 atom stereocenters. The number of fused-ring (bicyclic) bond motifs is 1. The van der Waals surface area contributed by atoms with E-state index in [0.29, 0.717) is 22.5 Å². The Morgan fingerprint density at radius 1 is 1.19 bits per heavy atom. The van der Waals surface area contributed by atoms with E-state index in [-0.39, 0.29) is 18.5 Å². The number of para-hydroxylation sites is 1. The highest BCUT2D eigenvalue weighted by molar-refractivity contribution is 6.48. The molecule has 0 spiro atoms. The monoisotopic (exact) mass is 367 g/mol. The summed E-state index contributed by atoms with van der Waals surface area (Å²) < 4.78 is 6.61. The minimum Gasteiger partial charge on any atom is -0.481 e. The van der Waals surface area contributed by atoms with Gasteiger partial charge in [0, 0.05) is 29.7 Å². The van der Waals surface area contributed by atoms with Crippen LogP contribution in [0.15, 0.2) is 48.8 Å². The summed E-state index contributed by atoms with van der Waals surface area (Å²) in [5, 5.41) is 12.0. The number of benzene rings is 1. The molecule has 0 saturated heterocycles. The number of carboxylic acid groups (broad SMARTS) is 1. The molecule has 0 aliphatic heterocycles. The molecule has 1 aromatic carbocycles. The summed E-state index contributed by atoms with van der Waals surface area (Å²) in [5.41, 5.74) is 1.28. The summed E-state index contributed by atoms with van der Waals surface area (Å²) in [7, 11) is 1.48. The molecule has 2 N–H and O–H groups in total. The minimum absolute atomic E-state index is 0.0873. The van der Waals surface area contributed by atoms with Crippen molar-refractivity contribution in [1.29, 1.82) is 0 Å². The van der Waals surface area contributed by atoms with E-state index < -0.39 is 17.7 Å². The van der Waals surface area contributed by atoms with E-state index >= 15 is 0 Å². The molecule has 0 radical (unpaired) electrons. The maximum Gasteiger partial charge on any atom is 0.305 e. The number of aryl methyl sites for hydroxylation is 1. The lowest BCUT2D eigenvalue weighted by atomic mass is 10.1. The third-order valence-corrected chi connectivity index (χ3v) is 4.01. The number of methoxy groups -OCH3 is 1.